The van der Waals surface area contributed by atoms with Crippen LogP contribution in [-0.4, -0.2) is 43.6 Å². The van der Waals surface area contributed by atoms with E-state index in [9.17, 15) is 9.59 Å². The summed E-state index contributed by atoms with van der Waals surface area (Å²) in [5, 5.41) is 5.97. The highest BCUT2D eigenvalue weighted by atomic mass is 16.5. The number of hydrogen-bond donors (Lipinski definition) is 2. The molecule has 0 saturated carbocycles. The molecule has 7 nitrogen and oxygen atoms in total. The van der Waals surface area contributed by atoms with E-state index in [1.54, 1.807) is 32.4 Å². The molecule has 0 unspecified atom stereocenters. The Morgan fingerprint density at radius 3 is 2.33 bits per heavy atom. The van der Waals surface area contributed by atoms with E-state index in [1.165, 1.54) is 5.56 Å². The van der Waals surface area contributed by atoms with Gasteiger partial charge in [-0.3, -0.25) is 4.79 Å². The van der Waals surface area contributed by atoms with Crippen LogP contribution in [0.1, 0.15) is 50.8 Å². The molecule has 7 heteroatoms. The number of ether oxygens (including phenoxy) is 2. The second kappa shape index (κ2) is 11.1. The first-order chi connectivity index (χ1) is 15.9. The molecule has 2 N–H and O–H groups in total. The molecule has 1 fully saturated rings. The summed E-state index contributed by atoms with van der Waals surface area (Å²) in [4.78, 5) is 28.0. The van der Waals surface area contributed by atoms with E-state index in [2.05, 4.69) is 41.8 Å². The minimum atomic E-state index is -0.304. The molecule has 1 saturated heterocycles. The summed E-state index contributed by atoms with van der Waals surface area (Å²) in [6.45, 7) is 6.36. The van der Waals surface area contributed by atoms with E-state index in [1.807, 2.05) is 18.7 Å². The lowest BCUT2D eigenvalue weighted by Crippen LogP contribution is -2.50. The van der Waals surface area contributed by atoms with E-state index in [-0.39, 0.29) is 29.9 Å². The number of amides is 3. The standard InChI is InChI=1S/C26H35N3O4/c1-6-18-7-9-19(10-8-18)22-13-11-20(16-29(22)26(31)27-17(2)3)25(30)28-21-12-14-23(32-4)24(15-21)33-5/h7-10,12,14-15,17,20,22H,6,11,13,16H2,1-5H3,(H,27,31)(H,28,30)/t20-,22-/m1/s1. The Morgan fingerprint density at radius 2 is 1.73 bits per heavy atom. The van der Waals surface area contributed by atoms with Crippen molar-refractivity contribution in [2.24, 2.45) is 5.92 Å². The number of anilines is 1. The summed E-state index contributed by atoms with van der Waals surface area (Å²) in [6.07, 6.45) is 2.40. The predicted octanol–water partition coefficient (Wildman–Crippen LogP) is 4.78. The first kappa shape index (κ1) is 24.4. The Bertz CT molecular complexity index is 959. The van der Waals surface area contributed by atoms with Crippen molar-refractivity contribution in [1.82, 2.24) is 10.2 Å². The monoisotopic (exact) mass is 453 g/mol. The van der Waals surface area contributed by atoms with Crippen LogP contribution < -0.4 is 20.1 Å². The van der Waals surface area contributed by atoms with Crippen LogP contribution in [0.15, 0.2) is 42.5 Å². The summed E-state index contributed by atoms with van der Waals surface area (Å²) in [5.74, 6) is 0.737. The SMILES string of the molecule is CCc1ccc([C@H]2CC[C@@H](C(=O)Nc3ccc(OC)c(OC)c3)CN2C(=O)NC(C)C)cc1. The lowest BCUT2D eigenvalue weighted by Gasteiger charge is -2.39. The zero-order valence-electron chi connectivity index (χ0n) is 20.2. The van der Waals surface area contributed by atoms with Crippen LogP contribution in [0.3, 0.4) is 0 Å². The number of nitrogens with zero attached hydrogens (tertiary/aromatic N) is 1. The molecule has 1 aliphatic rings. The second-order valence-electron chi connectivity index (χ2n) is 8.70. The van der Waals surface area contributed by atoms with Crippen LogP contribution in [0.25, 0.3) is 0 Å². The van der Waals surface area contributed by atoms with Gasteiger partial charge in [0.25, 0.3) is 0 Å². The van der Waals surface area contributed by atoms with Crippen LogP contribution in [0.5, 0.6) is 11.5 Å². The van der Waals surface area contributed by atoms with Crippen molar-refractivity contribution >= 4 is 17.6 Å². The minimum Gasteiger partial charge on any atom is -0.493 e. The van der Waals surface area contributed by atoms with Gasteiger partial charge in [-0.25, -0.2) is 4.79 Å². The van der Waals surface area contributed by atoms with E-state index < -0.39 is 0 Å². The third-order valence-corrected chi connectivity index (χ3v) is 6.05. The van der Waals surface area contributed by atoms with Crippen LogP contribution in [0.2, 0.25) is 0 Å². The third-order valence-electron chi connectivity index (χ3n) is 6.05. The van der Waals surface area contributed by atoms with Crippen molar-refractivity contribution < 1.29 is 19.1 Å². The Hall–Kier alpha value is -3.22. The number of nitrogens with one attached hydrogen (secondary N) is 2. The summed E-state index contributed by atoms with van der Waals surface area (Å²) < 4.78 is 10.6. The van der Waals surface area contributed by atoms with Crippen LogP contribution in [0, 0.1) is 5.92 Å². The number of urea groups is 1. The molecular formula is C26H35N3O4. The van der Waals surface area contributed by atoms with Crippen LogP contribution in [-0.2, 0) is 11.2 Å². The molecule has 0 radical (unpaired) electrons. The number of methoxy groups -OCH3 is 2. The highest BCUT2D eigenvalue weighted by Crippen LogP contribution is 2.35. The largest absolute Gasteiger partial charge is 0.493 e. The molecule has 0 spiro atoms. The number of hydrogen-bond acceptors (Lipinski definition) is 4. The fourth-order valence-corrected chi connectivity index (χ4v) is 4.22. The summed E-state index contributed by atoms with van der Waals surface area (Å²) in [6, 6.07) is 13.5. The van der Waals surface area contributed by atoms with E-state index >= 15 is 0 Å². The quantitative estimate of drug-likeness (QED) is 0.633. The molecule has 2 atom stereocenters. The van der Waals surface area contributed by atoms with E-state index in [4.69, 9.17) is 9.47 Å². The lowest BCUT2D eigenvalue weighted by atomic mass is 9.88. The molecule has 2 aromatic carbocycles. The normalized spacial score (nSPS) is 18.1. The van der Waals surface area contributed by atoms with Gasteiger partial charge in [0.1, 0.15) is 0 Å². The van der Waals surface area contributed by atoms with Gasteiger partial charge in [-0.2, -0.15) is 0 Å². The predicted molar refractivity (Wildman–Crippen MR) is 130 cm³/mol. The van der Waals surface area contributed by atoms with E-state index in [0.717, 1.165) is 18.4 Å². The number of carbonyl (C=O) groups is 2. The summed E-state index contributed by atoms with van der Waals surface area (Å²) in [7, 11) is 3.13. The van der Waals surface area contributed by atoms with Crippen molar-refractivity contribution in [1.29, 1.82) is 0 Å². The Labute approximate surface area is 196 Å². The van der Waals surface area contributed by atoms with Crippen molar-refractivity contribution in [3.63, 3.8) is 0 Å². The van der Waals surface area contributed by atoms with Crippen molar-refractivity contribution in [2.75, 3.05) is 26.1 Å². The van der Waals surface area contributed by atoms with Crippen LogP contribution >= 0.6 is 0 Å². The zero-order valence-corrected chi connectivity index (χ0v) is 20.2. The second-order valence-corrected chi connectivity index (χ2v) is 8.70. The molecule has 178 valence electrons. The van der Waals surface area contributed by atoms with Gasteiger partial charge < -0.3 is 25.0 Å². The third kappa shape index (κ3) is 5.97. The summed E-state index contributed by atoms with van der Waals surface area (Å²) >= 11 is 0. The number of benzene rings is 2. The smallest absolute Gasteiger partial charge is 0.318 e. The first-order valence-corrected chi connectivity index (χ1v) is 11.5. The topological polar surface area (TPSA) is 79.9 Å². The molecule has 3 rings (SSSR count). The average molecular weight is 454 g/mol. The molecule has 0 aromatic heterocycles. The van der Waals surface area contributed by atoms with E-state index in [0.29, 0.717) is 30.2 Å². The first-order valence-electron chi connectivity index (χ1n) is 11.5. The van der Waals surface area contributed by atoms with Gasteiger partial charge in [-0.15, -0.1) is 0 Å². The van der Waals surface area contributed by atoms with Gasteiger partial charge in [0, 0.05) is 24.3 Å². The number of rotatable bonds is 7. The molecule has 3 amide bonds. The highest BCUT2D eigenvalue weighted by Gasteiger charge is 2.36. The molecule has 2 aromatic rings. The fraction of sp³-hybridized carbons (Fsp3) is 0.462. The number of carbonyl (C=O) groups excluding carboxylic acids is 2. The molecule has 33 heavy (non-hydrogen) atoms. The Balaban J connectivity index is 1.77. The number of aryl methyl sites for hydroxylation is 1. The van der Waals surface area contributed by atoms with Crippen LogP contribution in [0.4, 0.5) is 10.5 Å². The highest BCUT2D eigenvalue weighted by molar-refractivity contribution is 5.93. The fourth-order valence-electron chi connectivity index (χ4n) is 4.22. The maximum absolute atomic E-state index is 13.1. The van der Waals surface area contributed by atoms with Gasteiger partial charge >= 0.3 is 6.03 Å². The molecule has 1 aliphatic heterocycles. The van der Waals surface area contributed by atoms with Gasteiger partial charge in [0.15, 0.2) is 11.5 Å². The Kier molecular flexibility index (Phi) is 8.20. The van der Waals surface area contributed by atoms with Crippen molar-refractivity contribution in [2.45, 2.75) is 52.1 Å². The molecule has 0 aliphatic carbocycles. The number of likely N-dealkylation sites (tertiary alicyclic amines) is 1. The molecular weight excluding hydrogens is 418 g/mol. The molecule has 1 heterocycles. The lowest BCUT2D eigenvalue weighted by molar-refractivity contribution is -0.121. The summed E-state index contributed by atoms with van der Waals surface area (Å²) in [5.41, 5.74) is 3.00. The maximum atomic E-state index is 13.1. The van der Waals surface area contributed by atoms with Gasteiger partial charge in [-0.1, -0.05) is 31.2 Å². The van der Waals surface area contributed by atoms with Crippen molar-refractivity contribution in [3.05, 3.63) is 53.6 Å². The minimum absolute atomic E-state index is 0.0154. The molecule has 0 bridgehead atoms. The van der Waals surface area contributed by atoms with Gasteiger partial charge in [-0.05, 0) is 56.4 Å². The van der Waals surface area contributed by atoms with Gasteiger partial charge in [0.05, 0.1) is 26.2 Å². The number of piperidine rings is 1. The van der Waals surface area contributed by atoms with Gasteiger partial charge in [0.2, 0.25) is 5.91 Å². The van der Waals surface area contributed by atoms with Crippen molar-refractivity contribution in [3.8, 4) is 11.5 Å². The average Bonchev–Trinajstić information content (AvgIpc) is 2.83. The zero-order chi connectivity index (χ0) is 24.0. The maximum Gasteiger partial charge on any atom is 0.318 e. The Morgan fingerprint density at radius 1 is 1.03 bits per heavy atom.